The van der Waals surface area contributed by atoms with Gasteiger partial charge in [-0.05, 0) is 48.2 Å². The van der Waals surface area contributed by atoms with Crippen LogP contribution in [-0.4, -0.2) is 57.9 Å². The number of carbonyl (C=O) groups excluding carboxylic acids is 2. The maximum absolute atomic E-state index is 14.7. The first-order chi connectivity index (χ1) is 16.0. The molecule has 0 saturated carbocycles. The third-order valence-corrected chi connectivity index (χ3v) is 5.68. The van der Waals surface area contributed by atoms with Crippen molar-refractivity contribution in [1.29, 1.82) is 0 Å². The predicted octanol–water partition coefficient (Wildman–Crippen LogP) is 3.23. The number of ether oxygens (including phenoxy) is 2. The molecule has 0 aliphatic carbocycles. The van der Waals surface area contributed by atoms with Crippen molar-refractivity contribution in [2.45, 2.75) is 25.4 Å². The van der Waals surface area contributed by atoms with Crippen LogP contribution in [0.25, 0.3) is 11.1 Å². The third-order valence-electron chi connectivity index (χ3n) is 5.68. The van der Waals surface area contributed by atoms with E-state index in [1.165, 1.54) is 24.2 Å². The zero-order valence-electron chi connectivity index (χ0n) is 18.5. The number of esters is 1. The summed E-state index contributed by atoms with van der Waals surface area (Å²) in [7, 11) is 3.02. The monoisotopic (exact) mass is 452 g/mol. The number of aryl methyl sites for hydroxylation is 1. The minimum absolute atomic E-state index is 0.0251. The maximum Gasteiger partial charge on any atom is 0.337 e. The Labute approximate surface area is 190 Å². The van der Waals surface area contributed by atoms with Crippen LogP contribution in [0.15, 0.2) is 48.8 Å². The van der Waals surface area contributed by atoms with Gasteiger partial charge in [0.1, 0.15) is 12.1 Å². The second kappa shape index (κ2) is 9.91. The molecule has 2 aromatic carbocycles. The van der Waals surface area contributed by atoms with E-state index in [1.807, 2.05) is 0 Å². The lowest BCUT2D eigenvalue weighted by atomic mass is 10.00. The summed E-state index contributed by atoms with van der Waals surface area (Å²) in [6.07, 6.45) is 2.91. The largest absolute Gasteiger partial charge is 0.465 e. The molecular weight excluding hydrogens is 427 g/mol. The van der Waals surface area contributed by atoms with Crippen molar-refractivity contribution in [2.75, 3.05) is 20.3 Å². The quantitative estimate of drug-likeness (QED) is 0.534. The molecule has 33 heavy (non-hydrogen) atoms. The summed E-state index contributed by atoms with van der Waals surface area (Å²) >= 11 is 0. The minimum Gasteiger partial charge on any atom is -0.465 e. The lowest BCUT2D eigenvalue weighted by Crippen LogP contribution is -2.43. The molecule has 1 aliphatic heterocycles. The first-order valence-corrected chi connectivity index (χ1v) is 10.7. The Kier molecular flexibility index (Phi) is 6.79. The molecule has 0 radical (unpaired) electrons. The zero-order valence-corrected chi connectivity index (χ0v) is 18.5. The molecular formula is C24H25FN4O4. The molecule has 0 N–H and O–H groups in total. The van der Waals surface area contributed by atoms with Crippen LogP contribution in [0.5, 0.6) is 0 Å². The Hall–Kier alpha value is -3.59. The summed E-state index contributed by atoms with van der Waals surface area (Å²) in [5.41, 5.74) is 2.17. The topological polar surface area (TPSA) is 86.6 Å². The van der Waals surface area contributed by atoms with Gasteiger partial charge in [0, 0.05) is 38.4 Å². The van der Waals surface area contributed by atoms with Gasteiger partial charge in [0.05, 0.1) is 12.7 Å². The van der Waals surface area contributed by atoms with Gasteiger partial charge in [-0.2, -0.15) is 0 Å². The molecule has 1 amide bonds. The molecule has 0 spiro atoms. The van der Waals surface area contributed by atoms with Crippen molar-refractivity contribution in [1.82, 2.24) is 19.7 Å². The van der Waals surface area contributed by atoms with E-state index in [2.05, 4.69) is 10.1 Å². The van der Waals surface area contributed by atoms with E-state index in [-0.39, 0.29) is 30.1 Å². The first kappa shape index (κ1) is 22.6. The number of benzene rings is 2. The van der Waals surface area contributed by atoms with Crippen LogP contribution in [0.1, 0.15) is 39.4 Å². The van der Waals surface area contributed by atoms with Gasteiger partial charge in [0.25, 0.3) is 5.91 Å². The highest BCUT2D eigenvalue weighted by Crippen LogP contribution is 2.27. The van der Waals surface area contributed by atoms with Gasteiger partial charge < -0.3 is 14.4 Å². The van der Waals surface area contributed by atoms with Gasteiger partial charge in [-0.25, -0.2) is 14.2 Å². The van der Waals surface area contributed by atoms with Crippen molar-refractivity contribution >= 4 is 11.9 Å². The van der Waals surface area contributed by atoms with Crippen LogP contribution in [-0.2, 0) is 23.1 Å². The molecule has 1 aliphatic rings. The van der Waals surface area contributed by atoms with Gasteiger partial charge in [-0.15, -0.1) is 5.10 Å². The van der Waals surface area contributed by atoms with Crippen LogP contribution in [0.3, 0.4) is 0 Å². The maximum atomic E-state index is 14.7. The summed E-state index contributed by atoms with van der Waals surface area (Å²) in [5.74, 6) is -0.982. The molecule has 8 nitrogen and oxygen atoms in total. The Balaban J connectivity index is 1.62. The number of amides is 1. The Morgan fingerprint density at radius 2 is 1.91 bits per heavy atom. The van der Waals surface area contributed by atoms with E-state index in [1.54, 1.807) is 48.3 Å². The van der Waals surface area contributed by atoms with Crippen molar-refractivity contribution in [2.24, 2.45) is 7.05 Å². The van der Waals surface area contributed by atoms with Crippen LogP contribution >= 0.6 is 0 Å². The van der Waals surface area contributed by atoms with Crippen molar-refractivity contribution in [3.8, 4) is 11.1 Å². The molecule has 0 bridgehead atoms. The average Bonchev–Trinajstić information content (AvgIpc) is 3.29. The lowest BCUT2D eigenvalue weighted by molar-refractivity contribution is 0.0260. The zero-order chi connectivity index (χ0) is 23.4. The number of aromatic nitrogens is 3. The number of carbonyl (C=O) groups is 2. The SMILES string of the molecule is COC(=O)c1ccc(-c2cc(CN(C(=O)c3ncn(C)n3)C3CCOCC3)ccc2F)cc1. The Morgan fingerprint density at radius 1 is 1.18 bits per heavy atom. The van der Waals surface area contributed by atoms with Crippen LogP contribution < -0.4 is 0 Å². The minimum atomic E-state index is -0.454. The fourth-order valence-electron chi connectivity index (χ4n) is 3.92. The fraction of sp³-hybridized carbons (Fsp3) is 0.333. The van der Waals surface area contributed by atoms with Crippen LogP contribution in [0.4, 0.5) is 4.39 Å². The van der Waals surface area contributed by atoms with Crippen molar-refractivity contribution < 1.29 is 23.5 Å². The summed E-state index contributed by atoms with van der Waals surface area (Å²) < 4.78 is 26.4. The van der Waals surface area contributed by atoms with Gasteiger partial charge in [-0.1, -0.05) is 18.2 Å². The molecule has 4 rings (SSSR count). The van der Waals surface area contributed by atoms with E-state index < -0.39 is 5.97 Å². The van der Waals surface area contributed by atoms with E-state index in [0.29, 0.717) is 42.7 Å². The Bertz CT molecular complexity index is 1140. The van der Waals surface area contributed by atoms with E-state index >= 15 is 0 Å². The molecule has 172 valence electrons. The number of hydrogen-bond donors (Lipinski definition) is 0. The summed E-state index contributed by atoms with van der Waals surface area (Å²) in [6.45, 7) is 1.44. The summed E-state index contributed by atoms with van der Waals surface area (Å²) in [5, 5.41) is 4.16. The molecule has 9 heteroatoms. The first-order valence-electron chi connectivity index (χ1n) is 10.7. The van der Waals surface area contributed by atoms with Crippen molar-refractivity contribution in [3.05, 3.63) is 71.6 Å². The summed E-state index contributed by atoms with van der Waals surface area (Å²) in [6, 6.07) is 11.3. The second-order valence-corrected chi connectivity index (χ2v) is 7.90. The standard InChI is InChI=1S/C24H25FN4O4/c1-28-15-26-22(27-28)23(30)29(19-9-11-33-12-10-19)14-16-3-8-21(25)20(13-16)17-4-6-18(7-5-17)24(31)32-2/h3-8,13,15,19H,9-12,14H2,1-2H3. The molecule has 2 heterocycles. The van der Waals surface area contributed by atoms with Gasteiger partial charge in [0.15, 0.2) is 0 Å². The highest BCUT2D eigenvalue weighted by Gasteiger charge is 2.29. The second-order valence-electron chi connectivity index (χ2n) is 7.90. The van der Waals surface area contributed by atoms with Gasteiger partial charge in [0.2, 0.25) is 5.82 Å². The highest BCUT2D eigenvalue weighted by molar-refractivity contribution is 5.91. The number of hydrogen-bond acceptors (Lipinski definition) is 6. The number of halogens is 1. The lowest BCUT2D eigenvalue weighted by Gasteiger charge is -2.33. The summed E-state index contributed by atoms with van der Waals surface area (Å²) in [4.78, 5) is 30.8. The third kappa shape index (κ3) is 5.09. The smallest absolute Gasteiger partial charge is 0.337 e. The van der Waals surface area contributed by atoms with Crippen LogP contribution in [0.2, 0.25) is 0 Å². The molecule has 1 saturated heterocycles. The molecule has 1 aromatic heterocycles. The Morgan fingerprint density at radius 3 is 2.55 bits per heavy atom. The normalized spacial score (nSPS) is 14.2. The highest BCUT2D eigenvalue weighted by atomic mass is 19.1. The van der Waals surface area contributed by atoms with E-state index in [9.17, 15) is 14.0 Å². The van der Waals surface area contributed by atoms with Crippen LogP contribution in [0, 0.1) is 5.82 Å². The molecule has 1 fully saturated rings. The van der Waals surface area contributed by atoms with Crippen molar-refractivity contribution in [3.63, 3.8) is 0 Å². The molecule has 0 atom stereocenters. The number of rotatable bonds is 6. The fourth-order valence-corrected chi connectivity index (χ4v) is 3.92. The van der Waals surface area contributed by atoms with Gasteiger partial charge >= 0.3 is 5.97 Å². The molecule has 0 unspecified atom stereocenters. The predicted molar refractivity (Wildman–Crippen MR) is 118 cm³/mol. The number of methoxy groups -OCH3 is 1. The van der Waals surface area contributed by atoms with E-state index in [0.717, 1.165) is 5.56 Å². The van der Waals surface area contributed by atoms with Gasteiger partial charge in [-0.3, -0.25) is 9.48 Å². The van der Waals surface area contributed by atoms with E-state index in [4.69, 9.17) is 9.47 Å². The number of nitrogens with zero attached hydrogens (tertiary/aromatic N) is 4. The molecule has 3 aromatic rings. The average molecular weight is 452 g/mol.